The van der Waals surface area contributed by atoms with Crippen LogP contribution in [-0.4, -0.2) is 18.8 Å². The summed E-state index contributed by atoms with van der Waals surface area (Å²) in [4.78, 5) is 0. The zero-order valence-corrected chi connectivity index (χ0v) is 4.22. The van der Waals surface area contributed by atoms with Crippen LogP contribution >= 0.6 is 0 Å². The van der Waals surface area contributed by atoms with Gasteiger partial charge in [-0.25, -0.2) is 0 Å². The van der Waals surface area contributed by atoms with Crippen LogP contribution < -0.4 is 16.8 Å². The van der Waals surface area contributed by atoms with E-state index in [1.165, 1.54) is 0 Å². The topological polar surface area (TPSA) is 64.1 Å². The smallest absolute Gasteiger partial charge is 0.0703 e. The second kappa shape index (κ2) is 1.78. The van der Waals surface area contributed by atoms with Crippen LogP contribution in [0.4, 0.5) is 0 Å². The van der Waals surface area contributed by atoms with E-state index in [0.717, 1.165) is 13.0 Å². The van der Waals surface area contributed by atoms with Crippen LogP contribution in [0.5, 0.6) is 0 Å². The Bertz CT molecular complexity index is 56.0. The van der Waals surface area contributed by atoms with Gasteiger partial charge in [0.05, 0.1) is 6.17 Å². The number of hydrogen-bond donors (Lipinski definition) is 3. The molecule has 0 saturated carbocycles. The summed E-state index contributed by atoms with van der Waals surface area (Å²) < 4.78 is 0. The van der Waals surface area contributed by atoms with Crippen LogP contribution in [0.1, 0.15) is 6.42 Å². The average molecular weight is 101 g/mol. The normalized spacial score (nSPS) is 42.0. The van der Waals surface area contributed by atoms with Crippen molar-refractivity contribution in [2.24, 2.45) is 11.5 Å². The van der Waals surface area contributed by atoms with Crippen molar-refractivity contribution < 1.29 is 0 Å². The largest absolute Gasteiger partial charge is 0.325 e. The van der Waals surface area contributed by atoms with Crippen LogP contribution in [0.15, 0.2) is 0 Å². The fourth-order valence-corrected chi connectivity index (χ4v) is 0.748. The molecule has 1 aliphatic heterocycles. The van der Waals surface area contributed by atoms with Gasteiger partial charge in [0.15, 0.2) is 0 Å². The summed E-state index contributed by atoms with van der Waals surface area (Å²) in [5.74, 6) is 0. The molecule has 1 heterocycles. The molecule has 0 aliphatic carbocycles. The highest BCUT2D eigenvalue weighted by Crippen LogP contribution is 1.96. The lowest BCUT2D eigenvalue weighted by Crippen LogP contribution is -2.43. The van der Waals surface area contributed by atoms with E-state index >= 15 is 0 Å². The lowest BCUT2D eigenvalue weighted by atomic mass is 10.2. The molecule has 5 N–H and O–H groups in total. The van der Waals surface area contributed by atoms with Gasteiger partial charge in [-0.2, -0.15) is 0 Å². The third-order valence-electron chi connectivity index (χ3n) is 1.32. The average Bonchev–Trinajstić information content (AvgIpc) is 1.91. The fraction of sp³-hybridized carbons (Fsp3) is 1.00. The Morgan fingerprint density at radius 1 is 1.43 bits per heavy atom. The molecular weight excluding hydrogens is 90.1 g/mol. The van der Waals surface area contributed by atoms with E-state index in [1.807, 2.05) is 0 Å². The highest BCUT2D eigenvalue weighted by Gasteiger charge is 2.17. The highest BCUT2D eigenvalue weighted by atomic mass is 15.1. The van der Waals surface area contributed by atoms with Crippen molar-refractivity contribution in [3.05, 3.63) is 0 Å². The maximum Gasteiger partial charge on any atom is 0.0703 e. The molecule has 1 rings (SSSR count). The quantitative estimate of drug-likeness (QED) is 0.351. The van der Waals surface area contributed by atoms with Crippen LogP contribution in [0.25, 0.3) is 0 Å². The van der Waals surface area contributed by atoms with Crippen molar-refractivity contribution in [2.75, 3.05) is 6.54 Å². The molecule has 0 spiro atoms. The van der Waals surface area contributed by atoms with Crippen LogP contribution in [-0.2, 0) is 0 Å². The van der Waals surface area contributed by atoms with Gasteiger partial charge >= 0.3 is 0 Å². The van der Waals surface area contributed by atoms with E-state index in [-0.39, 0.29) is 12.2 Å². The lowest BCUT2D eigenvalue weighted by Gasteiger charge is -2.06. The molecule has 3 heteroatoms. The van der Waals surface area contributed by atoms with E-state index < -0.39 is 0 Å². The van der Waals surface area contributed by atoms with Crippen LogP contribution in [0.2, 0.25) is 0 Å². The summed E-state index contributed by atoms with van der Waals surface area (Å²) >= 11 is 0. The molecule has 1 aliphatic rings. The van der Waals surface area contributed by atoms with Gasteiger partial charge < -0.3 is 16.8 Å². The van der Waals surface area contributed by atoms with E-state index in [2.05, 4.69) is 5.32 Å². The van der Waals surface area contributed by atoms with Crippen molar-refractivity contribution in [3.8, 4) is 0 Å². The molecular formula is C4H11N3. The Hall–Kier alpha value is -0.120. The molecule has 0 aromatic rings. The van der Waals surface area contributed by atoms with Crippen molar-refractivity contribution in [2.45, 2.75) is 18.6 Å². The minimum atomic E-state index is 0.0417. The molecule has 0 amide bonds. The first-order valence-corrected chi connectivity index (χ1v) is 2.55. The van der Waals surface area contributed by atoms with Crippen LogP contribution in [0.3, 0.4) is 0 Å². The summed E-state index contributed by atoms with van der Waals surface area (Å²) in [7, 11) is 0. The SMILES string of the molecule is NC1CCNC1N. The van der Waals surface area contributed by atoms with E-state index in [4.69, 9.17) is 11.5 Å². The van der Waals surface area contributed by atoms with Gasteiger partial charge in [-0.3, -0.25) is 0 Å². The maximum absolute atomic E-state index is 5.49. The van der Waals surface area contributed by atoms with E-state index in [1.54, 1.807) is 0 Å². The third-order valence-corrected chi connectivity index (χ3v) is 1.32. The molecule has 0 radical (unpaired) electrons. The first-order chi connectivity index (χ1) is 3.30. The molecule has 3 nitrogen and oxygen atoms in total. The van der Waals surface area contributed by atoms with Crippen molar-refractivity contribution in [3.63, 3.8) is 0 Å². The van der Waals surface area contributed by atoms with E-state index in [0.29, 0.717) is 0 Å². The van der Waals surface area contributed by atoms with Crippen LogP contribution in [0, 0.1) is 0 Å². The first kappa shape index (κ1) is 5.03. The molecule has 0 aromatic carbocycles. The second-order valence-corrected chi connectivity index (χ2v) is 1.93. The Labute approximate surface area is 43.1 Å². The zero-order chi connectivity index (χ0) is 5.28. The van der Waals surface area contributed by atoms with E-state index in [9.17, 15) is 0 Å². The van der Waals surface area contributed by atoms with Gasteiger partial charge in [0.2, 0.25) is 0 Å². The molecule has 2 atom stereocenters. The van der Waals surface area contributed by atoms with Crippen molar-refractivity contribution in [1.29, 1.82) is 0 Å². The Balaban J connectivity index is 2.33. The summed E-state index contributed by atoms with van der Waals surface area (Å²) in [6.07, 6.45) is 1.06. The van der Waals surface area contributed by atoms with Gasteiger partial charge in [-0.15, -0.1) is 0 Å². The fourth-order valence-electron chi connectivity index (χ4n) is 0.748. The molecule has 0 bridgehead atoms. The Morgan fingerprint density at radius 3 is 2.29 bits per heavy atom. The second-order valence-electron chi connectivity index (χ2n) is 1.93. The van der Waals surface area contributed by atoms with Gasteiger partial charge in [-0.05, 0) is 13.0 Å². The highest BCUT2D eigenvalue weighted by molar-refractivity contribution is 4.81. The number of rotatable bonds is 0. The van der Waals surface area contributed by atoms with Gasteiger partial charge in [0.25, 0.3) is 0 Å². The Kier molecular flexibility index (Phi) is 1.27. The molecule has 1 saturated heterocycles. The molecule has 0 aromatic heterocycles. The number of nitrogens with one attached hydrogen (secondary N) is 1. The summed E-state index contributed by atoms with van der Waals surface area (Å²) in [5.41, 5.74) is 10.9. The van der Waals surface area contributed by atoms with Gasteiger partial charge in [0, 0.05) is 6.04 Å². The van der Waals surface area contributed by atoms with Crippen molar-refractivity contribution >= 4 is 0 Å². The Morgan fingerprint density at radius 2 is 2.14 bits per heavy atom. The van der Waals surface area contributed by atoms with Gasteiger partial charge in [0.1, 0.15) is 0 Å². The van der Waals surface area contributed by atoms with Gasteiger partial charge in [-0.1, -0.05) is 0 Å². The maximum atomic E-state index is 5.49. The number of nitrogens with two attached hydrogens (primary N) is 2. The summed E-state index contributed by atoms with van der Waals surface area (Å²) in [6, 6.07) is 0.181. The zero-order valence-electron chi connectivity index (χ0n) is 4.22. The summed E-state index contributed by atoms with van der Waals surface area (Å²) in [5, 5.41) is 3.02. The first-order valence-electron chi connectivity index (χ1n) is 2.55. The van der Waals surface area contributed by atoms with Crippen molar-refractivity contribution in [1.82, 2.24) is 5.32 Å². The minimum absolute atomic E-state index is 0.0417. The minimum Gasteiger partial charge on any atom is -0.325 e. The standard InChI is InChI=1S/C4H11N3/c5-3-1-2-7-4(3)6/h3-4,7H,1-2,5-6H2. The molecule has 2 unspecified atom stereocenters. The molecule has 7 heavy (non-hydrogen) atoms. The number of hydrogen-bond acceptors (Lipinski definition) is 3. The summed E-state index contributed by atoms with van der Waals surface area (Å²) in [6.45, 7) is 0.975. The monoisotopic (exact) mass is 101 g/mol. The lowest BCUT2D eigenvalue weighted by molar-refractivity contribution is 0.562. The predicted octanol–water partition coefficient (Wildman–Crippen LogP) is -1.41. The molecule has 42 valence electrons. The molecule has 1 fully saturated rings. The third kappa shape index (κ3) is 0.907. The predicted molar refractivity (Wildman–Crippen MR) is 28.6 cm³/mol.